The maximum Gasteiger partial charge on any atom is 0.352 e. The molecule has 7 heteroatoms. The van der Waals surface area contributed by atoms with Gasteiger partial charge in [0.05, 0.1) is 11.5 Å². The summed E-state index contributed by atoms with van der Waals surface area (Å²) in [6.07, 6.45) is 3.34. The van der Waals surface area contributed by atoms with Crippen molar-refractivity contribution in [3.05, 3.63) is 21.1 Å². The van der Waals surface area contributed by atoms with E-state index in [1.165, 1.54) is 19.8 Å². The van der Waals surface area contributed by atoms with Crippen LogP contribution in [0.15, 0.2) is 0 Å². The molecular weight excluding hydrogens is 246 g/mol. The predicted molar refractivity (Wildman–Crippen MR) is 61.3 cm³/mol. The number of nitrogens with zero attached hydrogens (tertiary/aromatic N) is 3. The van der Waals surface area contributed by atoms with Gasteiger partial charge in [0, 0.05) is 0 Å². The van der Waals surface area contributed by atoms with E-state index in [9.17, 15) is 10.1 Å². The van der Waals surface area contributed by atoms with Gasteiger partial charge in [-0.2, -0.15) is 4.98 Å². The van der Waals surface area contributed by atoms with Crippen LogP contribution in [0.1, 0.15) is 25.0 Å². The third-order valence-electron chi connectivity index (χ3n) is 2.64. The Kier molecular flexibility index (Phi) is 3.42. The molecule has 1 aliphatic rings. The van der Waals surface area contributed by atoms with Gasteiger partial charge in [-0.05, 0) is 30.9 Å². The fraction of sp³-hybridized carbons (Fsp3) is 0.600. The lowest BCUT2D eigenvalue weighted by Crippen LogP contribution is -2.06. The van der Waals surface area contributed by atoms with Crippen molar-refractivity contribution in [3.63, 3.8) is 0 Å². The maximum atomic E-state index is 10.9. The van der Waals surface area contributed by atoms with Crippen molar-refractivity contribution in [1.82, 2.24) is 9.97 Å². The molecule has 0 N–H and O–H groups in total. The first-order valence-electron chi connectivity index (χ1n) is 5.39. The number of hydrogen-bond donors (Lipinski definition) is 0. The van der Waals surface area contributed by atoms with E-state index in [1.54, 1.807) is 0 Å². The van der Waals surface area contributed by atoms with E-state index in [0.717, 1.165) is 6.42 Å². The number of aromatic nitrogens is 2. The van der Waals surface area contributed by atoms with E-state index in [0.29, 0.717) is 12.5 Å². The fourth-order valence-corrected chi connectivity index (χ4v) is 1.75. The Morgan fingerprint density at radius 1 is 1.53 bits per heavy atom. The molecule has 0 atom stereocenters. The minimum absolute atomic E-state index is 0.0329. The van der Waals surface area contributed by atoms with Crippen molar-refractivity contribution in [1.29, 1.82) is 0 Å². The Hall–Kier alpha value is -1.43. The normalized spacial score (nSPS) is 14.7. The van der Waals surface area contributed by atoms with Crippen LogP contribution in [-0.4, -0.2) is 21.5 Å². The first-order valence-corrected chi connectivity index (χ1v) is 5.77. The van der Waals surface area contributed by atoms with Crippen LogP contribution in [0.25, 0.3) is 0 Å². The average molecular weight is 258 g/mol. The monoisotopic (exact) mass is 257 g/mol. The zero-order valence-corrected chi connectivity index (χ0v) is 10.1. The molecule has 1 heterocycles. The largest absolute Gasteiger partial charge is 0.473 e. The standard InChI is InChI=1S/C10H12ClN3O3/c1-6-8(14(15)16)9(13-10(11)12-6)17-5-4-7-2-3-7/h7H,2-5H2,1H3. The highest BCUT2D eigenvalue weighted by atomic mass is 35.5. The second kappa shape index (κ2) is 4.83. The summed E-state index contributed by atoms with van der Waals surface area (Å²) in [5.74, 6) is 0.667. The molecule has 0 spiro atoms. The van der Waals surface area contributed by atoms with Gasteiger partial charge in [-0.15, -0.1) is 0 Å². The van der Waals surface area contributed by atoms with Crippen molar-refractivity contribution in [2.24, 2.45) is 5.92 Å². The van der Waals surface area contributed by atoms with Crippen molar-refractivity contribution in [3.8, 4) is 5.88 Å². The second-order valence-electron chi connectivity index (χ2n) is 4.07. The number of aryl methyl sites for hydroxylation is 1. The molecule has 0 aromatic carbocycles. The summed E-state index contributed by atoms with van der Waals surface area (Å²) in [6.45, 7) is 1.94. The third-order valence-corrected chi connectivity index (χ3v) is 2.81. The summed E-state index contributed by atoms with van der Waals surface area (Å²) in [6, 6.07) is 0. The number of halogens is 1. The molecular formula is C10H12ClN3O3. The van der Waals surface area contributed by atoms with Gasteiger partial charge in [0.2, 0.25) is 5.28 Å². The number of nitro groups is 1. The molecule has 1 fully saturated rings. The van der Waals surface area contributed by atoms with Gasteiger partial charge >= 0.3 is 5.69 Å². The van der Waals surface area contributed by atoms with Crippen molar-refractivity contribution < 1.29 is 9.66 Å². The Labute approximate surface area is 103 Å². The van der Waals surface area contributed by atoms with Gasteiger partial charge in [0.25, 0.3) is 5.88 Å². The van der Waals surface area contributed by atoms with Crippen LogP contribution < -0.4 is 4.74 Å². The number of rotatable bonds is 5. The van der Waals surface area contributed by atoms with Crippen LogP contribution in [0.5, 0.6) is 5.88 Å². The maximum absolute atomic E-state index is 10.9. The molecule has 0 bridgehead atoms. The highest BCUT2D eigenvalue weighted by molar-refractivity contribution is 6.28. The predicted octanol–water partition coefficient (Wildman–Crippen LogP) is 2.53. The Bertz CT molecular complexity index is 449. The van der Waals surface area contributed by atoms with Crippen LogP contribution in [-0.2, 0) is 0 Å². The zero-order valence-electron chi connectivity index (χ0n) is 9.35. The molecule has 6 nitrogen and oxygen atoms in total. The zero-order chi connectivity index (χ0) is 12.4. The van der Waals surface area contributed by atoms with E-state index in [4.69, 9.17) is 16.3 Å². The summed E-state index contributed by atoms with van der Waals surface area (Å²) in [5, 5.41) is 10.8. The third kappa shape index (κ3) is 3.03. The highest BCUT2D eigenvalue weighted by Crippen LogP contribution is 2.33. The first kappa shape index (κ1) is 12.0. The molecule has 1 aromatic rings. The van der Waals surface area contributed by atoms with Crippen LogP contribution >= 0.6 is 11.6 Å². The molecule has 2 rings (SSSR count). The SMILES string of the molecule is Cc1nc(Cl)nc(OCCC2CC2)c1[N+](=O)[O-]. The van der Waals surface area contributed by atoms with Crippen molar-refractivity contribution in [2.75, 3.05) is 6.61 Å². The van der Waals surface area contributed by atoms with Crippen LogP contribution in [0.2, 0.25) is 5.28 Å². The summed E-state index contributed by atoms with van der Waals surface area (Å²) >= 11 is 5.66. The Morgan fingerprint density at radius 2 is 2.24 bits per heavy atom. The van der Waals surface area contributed by atoms with E-state index in [2.05, 4.69) is 9.97 Å². The fourth-order valence-electron chi connectivity index (χ4n) is 1.55. The second-order valence-corrected chi connectivity index (χ2v) is 4.41. The number of hydrogen-bond acceptors (Lipinski definition) is 5. The molecule has 0 aliphatic heterocycles. The van der Waals surface area contributed by atoms with Crippen LogP contribution in [0, 0.1) is 23.0 Å². The van der Waals surface area contributed by atoms with Gasteiger partial charge in [0.15, 0.2) is 0 Å². The van der Waals surface area contributed by atoms with Gasteiger partial charge < -0.3 is 4.74 Å². The Morgan fingerprint density at radius 3 is 2.82 bits per heavy atom. The summed E-state index contributed by atoms with van der Waals surface area (Å²) in [4.78, 5) is 17.8. The van der Waals surface area contributed by atoms with Crippen LogP contribution in [0.4, 0.5) is 5.69 Å². The lowest BCUT2D eigenvalue weighted by Gasteiger charge is -2.06. The van der Waals surface area contributed by atoms with E-state index < -0.39 is 4.92 Å². The summed E-state index contributed by atoms with van der Waals surface area (Å²) in [7, 11) is 0. The van der Waals surface area contributed by atoms with Gasteiger partial charge in [0.1, 0.15) is 5.69 Å². The lowest BCUT2D eigenvalue weighted by atomic mass is 10.3. The average Bonchev–Trinajstić information content (AvgIpc) is 2.99. The van der Waals surface area contributed by atoms with Crippen LogP contribution in [0.3, 0.4) is 0 Å². The molecule has 92 valence electrons. The van der Waals surface area contributed by atoms with E-state index >= 15 is 0 Å². The molecule has 0 radical (unpaired) electrons. The minimum Gasteiger partial charge on any atom is -0.473 e. The molecule has 0 amide bonds. The highest BCUT2D eigenvalue weighted by Gasteiger charge is 2.25. The molecule has 1 aliphatic carbocycles. The Balaban J connectivity index is 2.14. The van der Waals surface area contributed by atoms with E-state index in [1.807, 2.05) is 0 Å². The molecule has 17 heavy (non-hydrogen) atoms. The molecule has 1 aromatic heterocycles. The van der Waals surface area contributed by atoms with Crippen molar-refractivity contribution >= 4 is 17.3 Å². The van der Waals surface area contributed by atoms with Crippen molar-refractivity contribution in [2.45, 2.75) is 26.2 Å². The number of ether oxygens (including phenoxy) is 1. The molecule has 1 saturated carbocycles. The molecule has 0 unspecified atom stereocenters. The smallest absolute Gasteiger partial charge is 0.352 e. The first-order chi connectivity index (χ1) is 8.08. The quantitative estimate of drug-likeness (QED) is 0.460. The topological polar surface area (TPSA) is 78.2 Å². The van der Waals surface area contributed by atoms with Gasteiger partial charge in [-0.3, -0.25) is 10.1 Å². The summed E-state index contributed by atoms with van der Waals surface area (Å²) in [5.41, 5.74) is 0.0154. The van der Waals surface area contributed by atoms with Gasteiger partial charge in [-0.1, -0.05) is 12.8 Å². The van der Waals surface area contributed by atoms with E-state index in [-0.39, 0.29) is 22.5 Å². The van der Waals surface area contributed by atoms with Gasteiger partial charge in [-0.25, -0.2) is 4.98 Å². The molecule has 0 saturated heterocycles. The summed E-state index contributed by atoms with van der Waals surface area (Å²) < 4.78 is 5.33. The lowest BCUT2D eigenvalue weighted by molar-refractivity contribution is -0.387. The minimum atomic E-state index is -0.544.